The van der Waals surface area contributed by atoms with Gasteiger partial charge < -0.3 is 19.7 Å². The van der Waals surface area contributed by atoms with Gasteiger partial charge in [0.2, 0.25) is 5.90 Å². The summed E-state index contributed by atoms with van der Waals surface area (Å²) in [4.78, 5) is 30.4. The van der Waals surface area contributed by atoms with Gasteiger partial charge in [-0.1, -0.05) is 69.7 Å². The molecule has 1 unspecified atom stereocenters. The standard InChI is InChI=1S/C28H38N2O6/c1-3-4-5-6-7-8-9-10-23-26(20-13-11-19(12-14-20)18(2)32)21-16-30(28(34)29-27(21)36-23)25-15-22(33)24(17-31)35-25/h11-14,21-22,24-25,31,33H,3-10,15-17H2,1-2H3/t21?,22-,24+,25+/m0/s1. The first-order valence-corrected chi connectivity index (χ1v) is 13.3. The number of urea groups is 1. The highest BCUT2D eigenvalue weighted by Crippen LogP contribution is 2.41. The molecule has 1 saturated heterocycles. The number of allylic oxidation sites excluding steroid dienone is 1. The maximum Gasteiger partial charge on any atom is 0.348 e. The highest BCUT2D eigenvalue weighted by atomic mass is 16.5. The van der Waals surface area contributed by atoms with Gasteiger partial charge in [-0.15, -0.1) is 0 Å². The Morgan fingerprint density at radius 1 is 1.11 bits per heavy atom. The molecule has 8 heteroatoms. The second-order valence-corrected chi connectivity index (χ2v) is 10.00. The van der Waals surface area contributed by atoms with Crippen molar-refractivity contribution >= 4 is 23.3 Å². The van der Waals surface area contributed by atoms with E-state index in [2.05, 4.69) is 11.9 Å². The predicted molar refractivity (Wildman–Crippen MR) is 136 cm³/mol. The molecule has 1 aromatic rings. The Hall–Kier alpha value is -2.55. The van der Waals surface area contributed by atoms with Crippen LogP contribution in [-0.4, -0.2) is 64.4 Å². The topological polar surface area (TPSA) is 109 Å². The summed E-state index contributed by atoms with van der Waals surface area (Å²) < 4.78 is 11.9. The molecule has 0 bridgehead atoms. The monoisotopic (exact) mass is 498 g/mol. The molecule has 3 aliphatic rings. The number of ether oxygens (including phenoxy) is 2. The van der Waals surface area contributed by atoms with Gasteiger partial charge in [0.05, 0.1) is 18.6 Å². The molecule has 0 aliphatic carbocycles. The predicted octanol–water partition coefficient (Wildman–Crippen LogP) is 4.69. The SMILES string of the molecule is CCCCCCCCCC1=C(c2ccc(C(C)=O)cc2)C2CN([C@H]3C[C@H](O)[C@@H](CO)O3)C(=O)N=C2O1. The normalized spacial score (nSPS) is 25.7. The zero-order valence-corrected chi connectivity index (χ0v) is 21.3. The van der Waals surface area contributed by atoms with E-state index in [-0.39, 0.29) is 24.7 Å². The lowest BCUT2D eigenvalue weighted by atomic mass is 9.89. The number of aliphatic imine (C=N–C) groups is 1. The largest absolute Gasteiger partial charge is 0.446 e. The van der Waals surface area contributed by atoms with Crippen LogP contribution < -0.4 is 0 Å². The van der Waals surface area contributed by atoms with E-state index in [1.165, 1.54) is 37.0 Å². The van der Waals surface area contributed by atoms with Crippen LogP contribution in [0.1, 0.15) is 87.6 Å². The summed E-state index contributed by atoms with van der Waals surface area (Å²) in [5.41, 5.74) is 2.58. The van der Waals surface area contributed by atoms with Gasteiger partial charge >= 0.3 is 6.03 Å². The molecule has 0 aromatic heterocycles. The maximum absolute atomic E-state index is 12.9. The quantitative estimate of drug-likeness (QED) is 0.320. The molecule has 196 valence electrons. The first kappa shape index (κ1) is 26.5. The number of hydrogen-bond donors (Lipinski definition) is 2. The second-order valence-electron chi connectivity index (χ2n) is 10.00. The van der Waals surface area contributed by atoms with Crippen molar-refractivity contribution in [2.75, 3.05) is 13.2 Å². The third kappa shape index (κ3) is 5.88. The molecule has 0 radical (unpaired) electrons. The maximum atomic E-state index is 12.9. The number of hydrogen-bond acceptors (Lipinski definition) is 6. The lowest BCUT2D eigenvalue weighted by Crippen LogP contribution is -2.47. The highest BCUT2D eigenvalue weighted by molar-refractivity contribution is 6.05. The molecule has 4 rings (SSSR count). The minimum absolute atomic E-state index is 0.00793. The molecule has 4 atom stereocenters. The van der Waals surface area contributed by atoms with Gasteiger partial charge in [0, 0.05) is 30.5 Å². The fraction of sp³-hybridized carbons (Fsp3) is 0.607. The number of nitrogens with zero attached hydrogens (tertiary/aromatic N) is 2. The van der Waals surface area contributed by atoms with Crippen molar-refractivity contribution in [2.45, 2.75) is 90.1 Å². The van der Waals surface area contributed by atoms with Gasteiger partial charge in [0.15, 0.2) is 5.78 Å². The van der Waals surface area contributed by atoms with E-state index in [0.29, 0.717) is 18.0 Å². The van der Waals surface area contributed by atoms with Gasteiger partial charge in [0.25, 0.3) is 0 Å². The third-order valence-corrected chi connectivity index (χ3v) is 7.35. The summed E-state index contributed by atoms with van der Waals surface area (Å²) in [6.45, 7) is 3.77. The van der Waals surface area contributed by atoms with Crippen LogP contribution in [0.3, 0.4) is 0 Å². The van der Waals surface area contributed by atoms with Crippen LogP contribution in [0, 0.1) is 5.92 Å². The van der Waals surface area contributed by atoms with E-state index in [4.69, 9.17) is 9.47 Å². The Balaban J connectivity index is 1.53. The molecule has 0 spiro atoms. The number of aliphatic hydroxyl groups is 2. The molecule has 3 heterocycles. The molecule has 2 N–H and O–H groups in total. The second kappa shape index (κ2) is 12.1. The summed E-state index contributed by atoms with van der Waals surface area (Å²) in [5.74, 6) is 0.989. The molecule has 3 aliphatic heterocycles. The number of aliphatic hydroxyl groups excluding tert-OH is 2. The number of benzene rings is 1. The van der Waals surface area contributed by atoms with Crippen molar-refractivity contribution in [3.8, 4) is 0 Å². The number of rotatable bonds is 12. The Kier molecular flexibility index (Phi) is 8.93. The number of amides is 2. The van der Waals surface area contributed by atoms with Gasteiger partial charge in [-0.3, -0.25) is 9.69 Å². The smallest absolute Gasteiger partial charge is 0.348 e. The Morgan fingerprint density at radius 3 is 2.44 bits per heavy atom. The van der Waals surface area contributed by atoms with E-state index in [9.17, 15) is 19.8 Å². The van der Waals surface area contributed by atoms with Gasteiger partial charge in [-0.2, -0.15) is 4.99 Å². The summed E-state index contributed by atoms with van der Waals surface area (Å²) in [7, 11) is 0. The molecule has 1 aromatic carbocycles. The zero-order valence-electron chi connectivity index (χ0n) is 21.3. The van der Waals surface area contributed by atoms with Gasteiger partial charge in [0.1, 0.15) is 18.1 Å². The van der Waals surface area contributed by atoms with E-state index >= 15 is 0 Å². The van der Waals surface area contributed by atoms with Crippen molar-refractivity contribution in [1.82, 2.24) is 4.90 Å². The van der Waals surface area contributed by atoms with Crippen molar-refractivity contribution in [3.05, 3.63) is 41.2 Å². The van der Waals surface area contributed by atoms with Gasteiger partial charge in [-0.05, 0) is 18.9 Å². The first-order valence-electron chi connectivity index (χ1n) is 13.3. The number of fused-ring (bicyclic) bond motifs is 1. The number of Topliss-reactive ketones (excluding diaryl/α,β-unsaturated/α-hetero) is 1. The summed E-state index contributed by atoms with van der Waals surface area (Å²) in [6, 6.07) is 7.04. The van der Waals surface area contributed by atoms with Gasteiger partial charge in [-0.25, -0.2) is 4.79 Å². The molecule has 36 heavy (non-hydrogen) atoms. The van der Waals surface area contributed by atoms with E-state index in [1.807, 2.05) is 24.3 Å². The van der Waals surface area contributed by atoms with E-state index < -0.39 is 24.5 Å². The fourth-order valence-corrected chi connectivity index (χ4v) is 5.26. The number of unbranched alkanes of at least 4 members (excludes halogenated alkanes) is 6. The first-order chi connectivity index (χ1) is 17.4. The summed E-state index contributed by atoms with van der Waals surface area (Å²) in [6.07, 6.45) is 7.12. The fourth-order valence-electron chi connectivity index (χ4n) is 5.26. The average molecular weight is 499 g/mol. The summed E-state index contributed by atoms with van der Waals surface area (Å²) >= 11 is 0. The van der Waals surface area contributed by atoms with Crippen LogP contribution in [0.15, 0.2) is 35.0 Å². The van der Waals surface area contributed by atoms with Crippen LogP contribution >= 0.6 is 0 Å². The van der Waals surface area contributed by atoms with E-state index in [0.717, 1.165) is 36.2 Å². The average Bonchev–Trinajstić information content (AvgIpc) is 3.42. The van der Waals surface area contributed by atoms with Crippen LogP contribution in [0.2, 0.25) is 0 Å². The van der Waals surface area contributed by atoms with Crippen molar-refractivity contribution in [1.29, 1.82) is 0 Å². The molecule has 2 amide bonds. The summed E-state index contributed by atoms with van der Waals surface area (Å²) in [5, 5.41) is 19.6. The van der Waals surface area contributed by atoms with Crippen LogP contribution in [0.5, 0.6) is 0 Å². The van der Waals surface area contributed by atoms with Crippen molar-refractivity contribution in [3.63, 3.8) is 0 Å². The van der Waals surface area contributed by atoms with E-state index in [1.54, 1.807) is 6.92 Å². The highest BCUT2D eigenvalue weighted by Gasteiger charge is 2.46. The third-order valence-electron chi connectivity index (χ3n) is 7.35. The van der Waals surface area contributed by atoms with Crippen LogP contribution in [0.4, 0.5) is 4.79 Å². The van der Waals surface area contributed by atoms with Crippen LogP contribution in [0.25, 0.3) is 5.57 Å². The number of ketones is 1. The number of carbonyl (C=O) groups excluding carboxylic acids is 2. The Morgan fingerprint density at radius 2 is 1.81 bits per heavy atom. The number of carbonyl (C=O) groups is 2. The molecular formula is C28H38N2O6. The Labute approximate surface area is 213 Å². The lowest BCUT2D eigenvalue weighted by molar-refractivity contribution is -0.0646. The lowest BCUT2D eigenvalue weighted by Gasteiger charge is -2.32. The van der Waals surface area contributed by atoms with Crippen molar-refractivity contribution in [2.24, 2.45) is 10.9 Å². The molecule has 8 nitrogen and oxygen atoms in total. The zero-order chi connectivity index (χ0) is 25.7. The minimum atomic E-state index is -0.833. The molecular weight excluding hydrogens is 460 g/mol. The van der Waals surface area contributed by atoms with Crippen LogP contribution in [-0.2, 0) is 9.47 Å². The molecule has 1 fully saturated rings. The van der Waals surface area contributed by atoms with Crippen molar-refractivity contribution < 1.29 is 29.3 Å². The Bertz CT molecular complexity index is 1000. The minimum Gasteiger partial charge on any atom is -0.446 e. The molecule has 0 saturated carbocycles.